The quantitative estimate of drug-likeness (QED) is 0.577. The van der Waals surface area contributed by atoms with Gasteiger partial charge in [-0.15, -0.1) is 0 Å². The Labute approximate surface area is 79.1 Å². The summed E-state index contributed by atoms with van der Waals surface area (Å²) in [5.41, 5.74) is 6.19. The van der Waals surface area contributed by atoms with Gasteiger partial charge in [-0.2, -0.15) is 0 Å². The Morgan fingerprint density at radius 3 is 2.85 bits per heavy atom. The molecule has 2 fully saturated rings. The maximum Gasteiger partial charge on any atom is 0.220 e. The Hall–Kier alpha value is -0.570. The van der Waals surface area contributed by atoms with Crippen molar-refractivity contribution in [3.63, 3.8) is 0 Å². The number of rotatable bonds is 0. The molecule has 3 atom stereocenters. The first-order valence-electron chi connectivity index (χ1n) is 5.12. The average Bonchev–Trinajstić information content (AvgIpc) is 2.28. The summed E-state index contributed by atoms with van der Waals surface area (Å²) in [6, 6.07) is 0.302. The minimum atomic E-state index is 0.203. The van der Waals surface area contributed by atoms with E-state index in [9.17, 15) is 4.79 Å². The zero-order valence-corrected chi connectivity index (χ0v) is 8.18. The van der Waals surface area contributed by atoms with E-state index in [4.69, 9.17) is 5.73 Å². The number of nitrogens with one attached hydrogen (secondary N) is 1. The molecule has 3 nitrogen and oxygen atoms in total. The summed E-state index contributed by atoms with van der Waals surface area (Å²) in [7, 11) is 0. The second-order valence-corrected chi connectivity index (χ2v) is 4.96. The van der Waals surface area contributed by atoms with Gasteiger partial charge < -0.3 is 11.1 Å². The third-order valence-electron chi connectivity index (χ3n) is 3.38. The van der Waals surface area contributed by atoms with Crippen LogP contribution in [-0.4, -0.2) is 18.5 Å². The molecule has 3 unspecified atom stereocenters. The third-order valence-corrected chi connectivity index (χ3v) is 3.38. The largest absolute Gasteiger partial charge is 0.356 e. The maximum atomic E-state index is 11.2. The Morgan fingerprint density at radius 2 is 2.31 bits per heavy atom. The van der Waals surface area contributed by atoms with Gasteiger partial charge in [0.1, 0.15) is 0 Å². The lowest BCUT2D eigenvalue weighted by molar-refractivity contribution is -0.119. The van der Waals surface area contributed by atoms with E-state index in [1.807, 2.05) is 0 Å². The van der Waals surface area contributed by atoms with E-state index >= 15 is 0 Å². The van der Waals surface area contributed by atoms with Crippen molar-refractivity contribution >= 4 is 5.91 Å². The van der Waals surface area contributed by atoms with Crippen molar-refractivity contribution in [1.29, 1.82) is 0 Å². The Bertz CT molecular complexity index is 217. The Morgan fingerprint density at radius 1 is 1.54 bits per heavy atom. The van der Waals surface area contributed by atoms with E-state index in [1.54, 1.807) is 0 Å². The molecule has 1 saturated heterocycles. The summed E-state index contributed by atoms with van der Waals surface area (Å²) < 4.78 is 0. The molecule has 1 spiro atoms. The van der Waals surface area contributed by atoms with Gasteiger partial charge in [-0.1, -0.05) is 6.92 Å². The maximum absolute atomic E-state index is 11.2. The fraction of sp³-hybridized carbons (Fsp3) is 0.900. The number of amides is 1. The number of carbonyl (C=O) groups excluding carboxylic acids is 1. The zero-order chi connectivity index (χ0) is 9.47. The first-order valence-corrected chi connectivity index (χ1v) is 5.12. The fourth-order valence-corrected chi connectivity index (χ4v) is 3.10. The van der Waals surface area contributed by atoms with Gasteiger partial charge in [0.05, 0.1) is 0 Å². The highest BCUT2D eigenvalue weighted by molar-refractivity contribution is 5.79. The summed E-state index contributed by atoms with van der Waals surface area (Å²) in [5.74, 6) is 0.887. The molecule has 1 aliphatic carbocycles. The highest BCUT2D eigenvalue weighted by Crippen LogP contribution is 2.43. The molecule has 1 heterocycles. The lowest BCUT2D eigenvalue weighted by Gasteiger charge is -2.38. The van der Waals surface area contributed by atoms with Crippen LogP contribution in [0.3, 0.4) is 0 Å². The molecule has 0 aromatic rings. The van der Waals surface area contributed by atoms with Crippen molar-refractivity contribution in [3.8, 4) is 0 Å². The van der Waals surface area contributed by atoms with Crippen LogP contribution in [0.25, 0.3) is 0 Å². The van der Waals surface area contributed by atoms with E-state index in [0.717, 1.165) is 19.4 Å². The molecule has 0 aromatic heterocycles. The summed E-state index contributed by atoms with van der Waals surface area (Å²) in [4.78, 5) is 11.2. The summed E-state index contributed by atoms with van der Waals surface area (Å²) in [5, 5.41) is 2.93. The predicted octanol–water partition coefficient (Wildman–Crippen LogP) is 0.640. The monoisotopic (exact) mass is 182 g/mol. The molecular formula is C10H18N2O. The van der Waals surface area contributed by atoms with Gasteiger partial charge in [-0.05, 0) is 30.6 Å². The molecule has 0 radical (unpaired) electrons. The molecule has 1 aliphatic heterocycles. The van der Waals surface area contributed by atoms with Crippen LogP contribution in [-0.2, 0) is 4.79 Å². The molecule has 1 saturated carbocycles. The molecule has 3 N–H and O–H groups in total. The Kier molecular flexibility index (Phi) is 2.06. The average molecular weight is 182 g/mol. The molecule has 74 valence electrons. The predicted molar refractivity (Wildman–Crippen MR) is 51.1 cm³/mol. The molecule has 2 aliphatic rings. The lowest BCUT2D eigenvalue weighted by atomic mass is 9.68. The van der Waals surface area contributed by atoms with E-state index < -0.39 is 0 Å². The van der Waals surface area contributed by atoms with Crippen molar-refractivity contribution < 1.29 is 4.79 Å². The number of hydrogen-bond donors (Lipinski definition) is 2. The summed E-state index contributed by atoms with van der Waals surface area (Å²) in [6.07, 6.45) is 4.01. The fourth-order valence-electron chi connectivity index (χ4n) is 3.10. The van der Waals surface area contributed by atoms with Crippen LogP contribution in [0.5, 0.6) is 0 Å². The minimum absolute atomic E-state index is 0.203. The van der Waals surface area contributed by atoms with Gasteiger partial charge >= 0.3 is 0 Å². The molecule has 13 heavy (non-hydrogen) atoms. The van der Waals surface area contributed by atoms with Crippen LogP contribution in [0.4, 0.5) is 0 Å². The SMILES string of the molecule is CC1CC(N)CC2(CNC(=O)C2)C1. The van der Waals surface area contributed by atoms with Gasteiger partial charge in [-0.3, -0.25) is 4.79 Å². The van der Waals surface area contributed by atoms with E-state index in [1.165, 1.54) is 6.42 Å². The van der Waals surface area contributed by atoms with Crippen molar-refractivity contribution in [2.24, 2.45) is 17.1 Å². The molecule has 0 aromatic carbocycles. The number of hydrogen-bond acceptors (Lipinski definition) is 2. The van der Waals surface area contributed by atoms with Crippen LogP contribution in [0, 0.1) is 11.3 Å². The molecule has 3 heteroatoms. The third kappa shape index (κ3) is 1.70. The van der Waals surface area contributed by atoms with Crippen molar-refractivity contribution in [3.05, 3.63) is 0 Å². The molecule has 1 amide bonds. The second-order valence-electron chi connectivity index (χ2n) is 4.96. The molecule has 0 bridgehead atoms. The van der Waals surface area contributed by atoms with E-state index in [-0.39, 0.29) is 11.3 Å². The van der Waals surface area contributed by atoms with Gasteiger partial charge in [0.25, 0.3) is 0 Å². The summed E-state index contributed by atoms with van der Waals surface area (Å²) >= 11 is 0. The van der Waals surface area contributed by atoms with Crippen molar-refractivity contribution in [2.75, 3.05) is 6.54 Å². The summed E-state index contributed by atoms with van der Waals surface area (Å²) in [6.45, 7) is 3.09. The Balaban J connectivity index is 2.09. The molecule has 2 rings (SSSR count). The second kappa shape index (κ2) is 2.98. The highest BCUT2D eigenvalue weighted by Gasteiger charge is 2.43. The van der Waals surface area contributed by atoms with Gasteiger partial charge in [0.2, 0.25) is 5.91 Å². The minimum Gasteiger partial charge on any atom is -0.356 e. The molecular weight excluding hydrogens is 164 g/mol. The van der Waals surface area contributed by atoms with Crippen LogP contribution in [0.2, 0.25) is 0 Å². The standard InChI is InChI=1S/C10H18N2O/c1-7-2-8(11)4-10(3-7)5-9(13)12-6-10/h7-8H,2-6,11H2,1H3,(H,12,13). The van der Waals surface area contributed by atoms with E-state index in [0.29, 0.717) is 18.4 Å². The number of carbonyl (C=O) groups is 1. The topological polar surface area (TPSA) is 55.1 Å². The normalized spacial score (nSPS) is 45.2. The zero-order valence-electron chi connectivity index (χ0n) is 8.18. The smallest absolute Gasteiger partial charge is 0.220 e. The van der Waals surface area contributed by atoms with Crippen molar-refractivity contribution in [1.82, 2.24) is 5.32 Å². The highest BCUT2D eigenvalue weighted by atomic mass is 16.1. The van der Waals surface area contributed by atoms with E-state index in [2.05, 4.69) is 12.2 Å². The first-order chi connectivity index (χ1) is 6.10. The van der Waals surface area contributed by atoms with Crippen LogP contribution >= 0.6 is 0 Å². The van der Waals surface area contributed by atoms with Crippen LogP contribution < -0.4 is 11.1 Å². The van der Waals surface area contributed by atoms with Crippen LogP contribution in [0.15, 0.2) is 0 Å². The lowest BCUT2D eigenvalue weighted by Crippen LogP contribution is -2.40. The first kappa shape index (κ1) is 9.00. The number of nitrogens with two attached hydrogens (primary N) is 1. The van der Waals surface area contributed by atoms with Crippen molar-refractivity contribution in [2.45, 2.75) is 38.6 Å². The van der Waals surface area contributed by atoms with Gasteiger partial charge in [0.15, 0.2) is 0 Å². The van der Waals surface area contributed by atoms with Crippen LogP contribution in [0.1, 0.15) is 32.6 Å². The van der Waals surface area contributed by atoms with Gasteiger partial charge in [-0.25, -0.2) is 0 Å². The van der Waals surface area contributed by atoms with Gasteiger partial charge in [0, 0.05) is 19.0 Å².